The van der Waals surface area contributed by atoms with E-state index in [0.29, 0.717) is 26.2 Å². The van der Waals surface area contributed by atoms with E-state index in [-0.39, 0.29) is 12.5 Å². The number of carbonyl (C=O) groups excluding carboxylic acids is 2. The minimum Gasteiger partial charge on any atom is -0.396 e. The molecule has 2 amide bonds. The van der Waals surface area contributed by atoms with Gasteiger partial charge >= 0.3 is 11.8 Å². The Kier molecular flexibility index (Phi) is 4.73. The van der Waals surface area contributed by atoms with Gasteiger partial charge in [-0.2, -0.15) is 0 Å². The van der Waals surface area contributed by atoms with Crippen LogP contribution in [0.5, 0.6) is 0 Å². The lowest BCUT2D eigenvalue weighted by molar-refractivity contribution is -0.156. The highest BCUT2D eigenvalue weighted by atomic mass is 16.3. The van der Waals surface area contributed by atoms with Crippen LogP contribution in [0.3, 0.4) is 0 Å². The van der Waals surface area contributed by atoms with Crippen LogP contribution in [0.15, 0.2) is 0 Å². The Hall–Kier alpha value is -1.10. The van der Waals surface area contributed by atoms with Gasteiger partial charge in [-0.1, -0.05) is 13.8 Å². The summed E-state index contributed by atoms with van der Waals surface area (Å²) in [6.45, 7) is 6.17. The first-order valence-electron chi connectivity index (χ1n) is 5.79. The summed E-state index contributed by atoms with van der Waals surface area (Å²) in [5.74, 6) is -0.812. The molecule has 1 unspecified atom stereocenters. The predicted molar refractivity (Wildman–Crippen MR) is 59.7 cm³/mol. The Morgan fingerprint density at radius 1 is 1.25 bits per heavy atom. The van der Waals surface area contributed by atoms with Crippen LogP contribution in [0.1, 0.15) is 20.3 Å². The van der Waals surface area contributed by atoms with E-state index in [9.17, 15) is 9.59 Å². The SMILES string of the molecule is CCCN1CCN(CC(C)CO)C(=O)C1=O. The average molecular weight is 228 g/mol. The molecule has 0 aromatic carbocycles. The molecule has 0 aromatic rings. The average Bonchev–Trinajstić information content (AvgIpc) is 2.28. The predicted octanol–water partition coefficient (Wildman–Crippen LogP) is -0.304. The molecular weight excluding hydrogens is 208 g/mol. The molecule has 0 spiro atoms. The van der Waals surface area contributed by atoms with Gasteiger partial charge in [-0.15, -0.1) is 0 Å². The molecule has 5 heteroatoms. The largest absolute Gasteiger partial charge is 0.396 e. The van der Waals surface area contributed by atoms with Crippen molar-refractivity contribution in [2.45, 2.75) is 20.3 Å². The third kappa shape index (κ3) is 2.95. The summed E-state index contributed by atoms with van der Waals surface area (Å²) in [6, 6.07) is 0. The van der Waals surface area contributed by atoms with E-state index in [0.717, 1.165) is 6.42 Å². The van der Waals surface area contributed by atoms with Gasteiger partial charge in [0.05, 0.1) is 0 Å². The molecule has 1 heterocycles. The third-order valence-corrected chi connectivity index (χ3v) is 2.73. The summed E-state index contributed by atoms with van der Waals surface area (Å²) in [6.07, 6.45) is 0.867. The maximum Gasteiger partial charge on any atom is 0.312 e. The van der Waals surface area contributed by atoms with Gasteiger partial charge in [0, 0.05) is 32.8 Å². The van der Waals surface area contributed by atoms with Crippen molar-refractivity contribution in [3.8, 4) is 0 Å². The molecule has 1 fully saturated rings. The molecular formula is C11H20N2O3. The Morgan fingerprint density at radius 2 is 1.81 bits per heavy atom. The minimum absolute atomic E-state index is 0.0227. The first-order valence-corrected chi connectivity index (χ1v) is 5.79. The van der Waals surface area contributed by atoms with Crippen LogP contribution < -0.4 is 0 Å². The normalized spacial score (nSPS) is 19.2. The molecule has 1 atom stereocenters. The van der Waals surface area contributed by atoms with E-state index in [2.05, 4.69) is 0 Å². The van der Waals surface area contributed by atoms with Crippen LogP contribution in [0.25, 0.3) is 0 Å². The molecule has 5 nitrogen and oxygen atoms in total. The number of amides is 2. The number of hydrogen-bond acceptors (Lipinski definition) is 3. The summed E-state index contributed by atoms with van der Waals surface area (Å²) in [4.78, 5) is 26.5. The number of piperazine rings is 1. The monoisotopic (exact) mass is 228 g/mol. The number of rotatable bonds is 5. The quantitative estimate of drug-likeness (QED) is 0.657. The number of aliphatic hydroxyl groups is 1. The molecule has 0 bridgehead atoms. The van der Waals surface area contributed by atoms with E-state index < -0.39 is 11.8 Å². The van der Waals surface area contributed by atoms with Crippen molar-refractivity contribution in [1.82, 2.24) is 9.80 Å². The van der Waals surface area contributed by atoms with Crippen molar-refractivity contribution in [2.24, 2.45) is 5.92 Å². The van der Waals surface area contributed by atoms with Gasteiger partial charge in [0.2, 0.25) is 0 Å². The fourth-order valence-corrected chi connectivity index (χ4v) is 1.81. The molecule has 0 saturated carbocycles. The lowest BCUT2D eigenvalue weighted by Gasteiger charge is -2.34. The molecule has 0 aliphatic carbocycles. The fraction of sp³-hybridized carbons (Fsp3) is 0.818. The summed E-state index contributed by atoms with van der Waals surface area (Å²) in [7, 11) is 0. The van der Waals surface area contributed by atoms with Gasteiger partial charge in [-0.3, -0.25) is 9.59 Å². The molecule has 1 aliphatic rings. The lowest BCUT2D eigenvalue weighted by Crippen LogP contribution is -2.55. The van der Waals surface area contributed by atoms with Crippen LogP contribution in [0, 0.1) is 5.92 Å². The Morgan fingerprint density at radius 3 is 2.38 bits per heavy atom. The smallest absolute Gasteiger partial charge is 0.312 e. The minimum atomic E-state index is -0.431. The van der Waals surface area contributed by atoms with Gasteiger partial charge in [0.1, 0.15) is 0 Å². The highest BCUT2D eigenvalue weighted by molar-refractivity contribution is 6.35. The number of aliphatic hydroxyl groups excluding tert-OH is 1. The molecule has 16 heavy (non-hydrogen) atoms. The maximum atomic E-state index is 11.7. The Balaban J connectivity index is 2.54. The zero-order valence-electron chi connectivity index (χ0n) is 9.98. The second-order valence-electron chi connectivity index (χ2n) is 4.33. The van der Waals surface area contributed by atoms with Crippen molar-refractivity contribution >= 4 is 11.8 Å². The van der Waals surface area contributed by atoms with Gasteiger partial charge in [0.15, 0.2) is 0 Å². The molecule has 1 N–H and O–H groups in total. The van der Waals surface area contributed by atoms with Gasteiger partial charge in [-0.05, 0) is 12.3 Å². The van der Waals surface area contributed by atoms with Crippen molar-refractivity contribution in [3.63, 3.8) is 0 Å². The van der Waals surface area contributed by atoms with E-state index in [4.69, 9.17) is 5.11 Å². The number of hydrogen-bond donors (Lipinski definition) is 1. The van der Waals surface area contributed by atoms with Crippen molar-refractivity contribution < 1.29 is 14.7 Å². The highest BCUT2D eigenvalue weighted by Crippen LogP contribution is 2.08. The van der Waals surface area contributed by atoms with Crippen LogP contribution in [-0.2, 0) is 9.59 Å². The van der Waals surface area contributed by atoms with Crippen LogP contribution in [0.2, 0.25) is 0 Å². The van der Waals surface area contributed by atoms with Crippen LogP contribution in [-0.4, -0.2) is 59.5 Å². The summed E-state index contributed by atoms with van der Waals surface area (Å²) < 4.78 is 0. The molecule has 0 radical (unpaired) electrons. The first kappa shape index (κ1) is 13.0. The van der Waals surface area contributed by atoms with E-state index in [1.165, 1.54) is 4.90 Å². The number of carbonyl (C=O) groups is 2. The summed E-state index contributed by atoms with van der Waals surface area (Å²) in [5.41, 5.74) is 0. The highest BCUT2D eigenvalue weighted by Gasteiger charge is 2.32. The van der Waals surface area contributed by atoms with Crippen LogP contribution in [0.4, 0.5) is 0 Å². The van der Waals surface area contributed by atoms with Gasteiger partial charge in [-0.25, -0.2) is 0 Å². The van der Waals surface area contributed by atoms with Crippen molar-refractivity contribution in [3.05, 3.63) is 0 Å². The fourth-order valence-electron chi connectivity index (χ4n) is 1.81. The second-order valence-corrected chi connectivity index (χ2v) is 4.33. The third-order valence-electron chi connectivity index (χ3n) is 2.73. The lowest BCUT2D eigenvalue weighted by atomic mass is 10.1. The molecule has 1 saturated heterocycles. The standard InChI is InChI=1S/C11H20N2O3/c1-3-4-12-5-6-13(7-9(2)8-14)11(16)10(12)15/h9,14H,3-8H2,1-2H3. The zero-order chi connectivity index (χ0) is 12.1. The topological polar surface area (TPSA) is 60.9 Å². The van der Waals surface area contributed by atoms with E-state index in [1.54, 1.807) is 4.90 Å². The van der Waals surface area contributed by atoms with E-state index in [1.807, 2.05) is 13.8 Å². The van der Waals surface area contributed by atoms with Gasteiger partial charge in [0.25, 0.3) is 0 Å². The Labute approximate surface area is 96.0 Å². The number of nitrogens with zero attached hydrogens (tertiary/aromatic N) is 2. The second kappa shape index (κ2) is 5.84. The summed E-state index contributed by atoms with van der Waals surface area (Å²) >= 11 is 0. The molecule has 1 rings (SSSR count). The molecule has 0 aromatic heterocycles. The van der Waals surface area contributed by atoms with Crippen LogP contribution >= 0.6 is 0 Å². The molecule has 92 valence electrons. The maximum absolute atomic E-state index is 11.7. The first-order chi connectivity index (χ1) is 7.60. The molecule has 1 aliphatic heterocycles. The Bertz CT molecular complexity index is 268. The zero-order valence-corrected chi connectivity index (χ0v) is 9.98. The van der Waals surface area contributed by atoms with E-state index >= 15 is 0 Å². The summed E-state index contributed by atoms with van der Waals surface area (Å²) in [5, 5.41) is 8.92. The van der Waals surface area contributed by atoms with Gasteiger partial charge < -0.3 is 14.9 Å². The van der Waals surface area contributed by atoms with Crippen molar-refractivity contribution in [1.29, 1.82) is 0 Å². The van der Waals surface area contributed by atoms with Crippen molar-refractivity contribution in [2.75, 3.05) is 32.8 Å².